The molecule has 0 saturated carbocycles. The lowest BCUT2D eigenvalue weighted by Gasteiger charge is -2.29. The number of rotatable bonds is 13. The molecule has 2 N–H and O–H groups in total. The highest BCUT2D eigenvalue weighted by molar-refractivity contribution is 7.92. The molecule has 3 aromatic rings. The molecule has 0 spiro atoms. The van der Waals surface area contributed by atoms with E-state index in [9.17, 15) is 18.0 Å². The van der Waals surface area contributed by atoms with Gasteiger partial charge in [0.15, 0.2) is 6.29 Å². The number of ether oxygens (including phenoxy) is 1. The molecule has 1 aliphatic heterocycles. The van der Waals surface area contributed by atoms with Crippen molar-refractivity contribution in [3.63, 3.8) is 0 Å². The number of hydrogen-bond acceptors (Lipinski definition) is 8. The Balaban J connectivity index is 1.60. The van der Waals surface area contributed by atoms with E-state index in [-0.39, 0.29) is 17.5 Å². The van der Waals surface area contributed by atoms with Gasteiger partial charge in [0, 0.05) is 13.0 Å². The summed E-state index contributed by atoms with van der Waals surface area (Å²) in [6, 6.07) is 16.9. The molecule has 3 atom stereocenters. The number of nitrogens with zero attached hydrogens (tertiary/aromatic N) is 2. The van der Waals surface area contributed by atoms with Crippen LogP contribution in [0.25, 0.3) is 16.3 Å². The zero-order valence-corrected chi connectivity index (χ0v) is 25.7. The molecular formula is C30H38N4O6S2. The number of aromatic nitrogens is 1. The van der Waals surface area contributed by atoms with E-state index in [0.29, 0.717) is 25.0 Å². The molecule has 226 valence electrons. The number of benzene rings is 2. The summed E-state index contributed by atoms with van der Waals surface area (Å²) in [4.78, 5) is 37.5. The van der Waals surface area contributed by atoms with E-state index in [0.717, 1.165) is 45.1 Å². The maximum atomic E-state index is 13.9. The van der Waals surface area contributed by atoms with Gasteiger partial charge in [-0.15, -0.1) is 4.41 Å². The van der Waals surface area contributed by atoms with Crippen molar-refractivity contribution in [3.05, 3.63) is 66.2 Å². The summed E-state index contributed by atoms with van der Waals surface area (Å²) in [6.07, 6.45) is 7.25. The van der Waals surface area contributed by atoms with E-state index in [4.69, 9.17) is 9.57 Å². The molecule has 1 aliphatic rings. The Labute approximate surface area is 251 Å². The predicted octanol–water partition coefficient (Wildman–Crippen LogP) is 5.05. The van der Waals surface area contributed by atoms with Crippen LogP contribution in [0, 0.1) is 17.8 Å². The van der Waals surface area contributed by atoms with Crippen LogP contribution in [-0.2, 0) is 29.2 Å². The molecule has 1 unspecified atom stereocenters. The molecule has 1 aromatic heterocycles. The highest BCUT2D eigenvalue weighted by atomic mass is 32.2. The summed E-state index contributed by atoms with van der Waals surface area (Å²) in [5.74, 6) is -2.78. The fraction of sp³-hybridized carbons (Fsp3) is 0.433. The lowest BCUT2D eigenvalue weighted by Crippen LogP contribution is -2.51. The van der Waals surface area contributed by atoms with E-state index < -0.39 is 40.0 Å². The SMILES string of the molecule is CC(C)C[C@@H](C(=O)NN(c1nc2ccccc2s1)S(C)(=O)=O)[C@H](CC=Cc1ccccc1)C(=O)NOC1CCCCO1. The highest BCUT2D eigenvalue weighted by Gasteiger charge is 2.36. The number of thiazole rings is 1. The van der Waals surface area contributed by atoms with E-state index in [1.807, 2.05) is 68.5 Å². The Morgan fingerprint density at radius 1 is 1.10 bits per heavy atom. The van der Waals surface area contributed by atoms with Crippen LogP contribution in [0.4, 0.5) is 5.13 Å². The van der Waals surface area contributed by atoms with Crippen molar-refractivity contribution in [1.29, 1.82) is 0 Å². The molecule has 1 fully saturated rings. The van der Waals surface area contributed by atoms with Gasteiger partial charge in [0.25, 0.3) is 10.0 Å². The van der Waals surface area contributed by atoms with Gasteiger partial charge in [-0.1, -0.05) is 79.8 Å². The Kier molecular flexibility index (Phi) is 11.1. The first-order valence-electron chi connectivity index (χ1n) is 14.1. The van der Waals surface area contributed by atoms with Crippen LogP contribution in [0.1, 0.15) is 51.5 Å². The summed E-state index contributed by atoms with van der Waals surface area (Å²) < 4.78 is 32.9. The number of hydrazine groups is 1. The van der Waals surface area contributed by atoms with Crippen LogP contribution in [-0.4, -0.2) is 44.4 Å². The zero-order chi connectivity index (χ0) is 30.1. The van der Waals surface area contributed by atoms with Gasteiger partial charge in [0.05, 0.1) is 28.3 Å². The minimum atomic E-state index is -3.95. The Hall–Kier alpha value is -3.32. The third kappa shape index (κ3) is 8.84. The number of amides is 2. The number of allylic oxidation sites excluding steroid dienone is 1. The van der Waals surface area contributed by atoms with E-state index >= 15 is 0 Å². The van der Waals surface area contributed by atoms with Gasteiger partial charge in [0.2, 0.25) is 16.9 Å². The molecule has 10 nitrogen and oxygen atoms in total. The molecule has 2 amide bonds. The highest BCUT2D eigenvalue weighted by Crippen LogP contribution is 2.31. The molecular weight excluding hydrogens is 576 g/mol. The molecule has 12 heteroatoms. The van der Waals surface area contributed by atoms with Gasteiger partial charge in [-0.05, 0) is 49.3 Å². The maximum absolute atomic E-state index is 13.9. The van der Waals surface area contributed by atoms with Crippen LogP contribution >= 0.6 is 11.3 Å². The van der Waals surface area contributed by atoms with Crippen molar-refractivity contribution in [2.75, 3.05) is 17.3 Å². The first kappa shape index (κ1) is 31.6. The minimum absolute atomic E-state index is 0.0332. The van der Waals surface area contributed by atoms with E-state index in [1.54, 1.807) is 12.1 Å². The quantitative estimate of drug-likeness (QED) is 0.258. The largest absolute Gasteiger partial charge is 0.350 e. The minimum Gasteiger partial charge on any atom is -0.350 e. The second-order valence-corrected chi connectivity index (χ2v) is 13.6. The van der Waals surface area contributed by atoms with Gasteiger partial charge < -0.3 is 4.74 Å². The van der Waals surface area contributed by atoms with E-state index in [2.05, 4.69) is 15.9 Å². The Bertz CT molecular complexity index is 1440. The lowest BCUT2D eigenvalue weighted by molar-refractivity contribution is -0.203. The first-order chi connectivity index (χ1) is 20.1. The number of anilines is 1. The Morgan fingerprint density at radius 3 is 2.50 bits per heavy atom. The number of sulfonamides is 1. The fourth-order valence-corrected chi connectivity index (χ4v) is 6.67. The summed E-state index contributed by atoms with van der Waals surface area (Å²) in [5.41, 5.74) is 6.66. The third-order valence-electron chi connectivity index (χ3n) is 6.81. The standard InChI is InChI=1S/C30H38N4O6S2/c1-21(2)20-24(28(35)32-34(42(3,37)38)30-31-25-16-7-8-17-26(25)41-30)23(15-11-14-22-12-5-4-6-13-22)29(36)33-40-27-18-9-10-19-39-27/h4-8,11-14,16-17,21,23-24,27H,9-10,15,18-20H2,1-3H3,(H,32,35)(H,33,36)/t23-,24+,27?/m0/s1. The van der Waals surface area contributed by atoms with Crippen molar-refractivity contribution in [2.45, 2.75) is 52.2 Å². The Morgan fingerprint density at radius 2 is 1.83 bits per heavy atom. The number of hydroxylamine groups is 1. The van der Waals surface area contributed by atoms with Gasteiger partial charge in [-0.2, -0.15) is 0 Å². The zero-order valence-electron chi connectivity index (χ0n) is 24.1. The van der Waals surface area contributed by atoms with Crippen LogP contribution in [0.5, 0.6) is 0 Å². The number of fused-ring (bicyclic) bond motifs is 1. The predicted molar refractivity (Wildman–Crippen MR) is 164 cm³/mol. The van der Waals surface area contributed by atoms with Crippen molar-refractivity contribution < 1.29 is 27.6 Å². The molecule has 42 heavy (non-hydrogen) atoms. The summed E-state index contributed by atoms with van der Waals surface area (Å²) in [6.45, 7) is 4.45. The van der Waals surface area contributed by atoms with Gasteiger partial charge in [0.1, 0.15) is 0 Å². The number of nitrogens with one attached hydrogen (secondary N) is 2. The van der Waals surface area contributed by atoms with Gasteiger partial charge in [-0.3, -0.25) is 15.0 Å². The van der Waals surface area contributed by atoms with Crippen molar-refractivity contribution in [3.8, 4) is 0 Å². The fourth-order valence-electron chi connectivity index (χ4n) is 4.74. The molecule has 4 rings (SSSR count). The number of hydrogen-bond donors (Lipinski definition) is 2. The molecule has 2 heterocycles. The van der Waals surface area contributed by atoms with Crippen LogP contribution in [0.15, 0.2) is 60.7 Å². The lowest BCUT2D eigenvalue weighted by atomic mass is 9.82. The second kappa shape index (κ2) is 14.7. The average Bonchev–Trinajstić information content (AvgIpc) is 3.40. The summed E-state index contributed by atoms with van der Waals surface area (Å²) in [5, 5.41) is 0.109. The molecule has 1 saturated heterocycles. The number of carbonyl (C=O) groups is 2. The normalized spacial score (nSPS) is 17.3. The molecule has 2 aromatic carbocycles. The topological polar surface area (TPSA) is 127 Å². The van der Waals surface area contributed by atoms with Crippen molar-refractivity contribution in [2.24, 2.45) is 17.8 Å². The molecule has 0 radical (unpaired) electrons. The first-order valence-corrected chi connectivity index (χ1v) is 16.7. The van der Waals surface area contributed by atoms with Crippen LogP contribution in [0.3, 0.4) is 0 Å². The van der Waals surface area contributed by atoms with E-state index in [1.165, 1.54) is 0 Å². The summed E-state index contributed by atoms with van der Waals surface area (Å²) in [7, 11) is -3.95. The van der Waals surface area contributed by atoms with Crippen LogP contribution < -0.4 is 15.3 Å². The van der Waals surface area contributed by atoms with Gasteiger partial charge in [-0.25, -0.2) is 23.7 Å². The van der Waals surface area contributed by atoms with Crippen LogP contribution in [0.2, 0.25) is 0 Å². The smallest absolute Gasteiger partial charge is 0.251 e. The molecule has 0 bridgehead atoms. The molecule has 0 aliphatic carbocycles. The summed E-state index contributed by atoms with van der Waals surface area (Å²) >= 11 is 1.15. The average molecular weight is 615 g/mol. The number of carbonyl (C=O) groups excluding carboxylic acids is 2. The van der Waals surface area contributed by atoms with Crippen molar-refractivity contribution in [1.82, 2.24) is 15.9 Å². The third-order valence-corrected chi connectivity index (χ3v) is 8.88. The second-order valence-electron chi connectivity index (χ2n) is 10.7. The van der Waals surface area contributed by atoms with Crippen molar-refractivity contribution >= 4 is 54.6 Å². The van der Waals surface area contributed by atoms with Gasteiger partial charge >= 0.3 is 0 Å². The monoisotopic (exact) mass is 614 g/mol. The maximum Gasteiger partial charge on any atom is 0.251 e. The number of para-hydroxylation sites is 1.